The number of carbonyl (C=O) groups is 1. The summed E-state index contributed by atoms with van der Waals surface area (Å²) in [6.07, 6.45) is 10.9. The van der Waals surface area contributed by atoms with Gasteiger partial charge >= 0.3 is 6.03 Å². The van der Waals surface area contributed by atoms with Crippen LogP contribution in [0.5, 0.6) is 0 Å². The molecule has 6 heteroatoms. The molecule has 0 radical (unpaired) electrons. The SMILES string of the molecule is CSCCc1ccccc1NC(=O)N1CCCC(c2ncc3n2CCCC3)C1. The highest BCUT2D eigenvalue weighted by molar-refractivity contribution is 7.98. The summed E-state index contributed by atoms with van der Waals surface area (Å²) in [6.45, 7) is 2.66. The molecule has 0 bridgehead atoms. The Balaban J connectivity index is 1.44. The largest absolute Gasteiger partial charge is 0.332 e. The first-order chi connectivity index (χ1) is 13.8. The zero-order valence-electron chi connectivity index (χ0n) is 16.7. The lowest BCUT2D eigenvalue weighted by Gasteiger charge is -2.33. The minimum absolute atomic E-state index is 0.0201. The zero-order valence-corrected chi connectivity index (χ0v) is 17.5. The molecular weight excluding hydrogens is 368 g/mol. The Labute approximate surface area is 171 Å². The van der Waals surface area contributed by atoms with E-state index in [-0.39, 0.29) is 6.03 Å². The minimum Gasteiger partial charge on any atom is -0.332 e. The summed E-state index contributed by atoms with van der Waals surface area (Å²) in [7, 11) is 0. The van der Waals surface area contributed by atoms with Crippen molar-refractivity contribution in [1.82, 2.24) is 14.5 Å². The van der Waals surface area contributed by atoms with E-state index in [9.17, 15) is 4.79 Å². The van der Waals surface area contributed by atoms with Crippen molar-refractivity contribution in [2.45, 2.75) is 51.0 Å². The van der Waals surface area contributed by atoms with Crippen molar-refractivity contribution < 1.29 is 4.79 Å². The average molecular weight is 399 g/mol. The van der Waals surface area contributed by atoms with Crippen LogP contribution in [0.25, 0.3) is 0 Å². The second-order valence-corrected chi connectivity index (χ2v) is 8.82. The Morgan fingerprint density at radius 1 is 1.25 bits per heavy atom. The number of carbonyl (C=O) groups excluding carboxylic acids is 1. The standard InChI is InChI=1S/C22H30N4OS/c1-28-14-11-17-7-2-3-10-20(17)24-22(27)25-12-6-8-18(16-25)21-23-15-19-9-4-5-13-26(19)21/h2-3,7,10,15,18H,4-6,8-9,11-14,16H2,1H3,(H,24,27). The van der Waals surface area contributed by atoms with Crippen molar-refractivity contribution in [3.63, 3.8) is 0 Å². The van der Waals surface area contributed by atoms with E-state index in [0.29, 0.717) is 5.92 Å². The van der Waals surface area contributed by atoms with Gasteiger partial charge in [0.25, 0.3) is 0 Å². The van der Waals surface area contributed by atoms with E-state index in [1.54, 1.807) is 0 Å². The molecule has 3 heterocycles. The lowest BCUT2D eigenvalue weighted by atomic mass is 9.97. The van der Waals surface area contributed by atoms with Gasteiger partial charge in [-0.1, -0.05) is 18.2 Å². The fraction of sp³-hybridized carbons (Fsp3) is 0.545. The number of hydrogen-bond donors (Lipinski definition) is 1. The van der Waals surface area contributed by atoms with Gasteiger partial charge in [0, 0.05) is 43.1 Å². The van der Waals surface area contributed by atoms with Crippen LogP contribution in [0.15, 0.2) is 30.5 Å². The number of nitrogens with one attached hydrogen (secondary N) is 1. The van der Waals surface area contributed by atoms with Gasteiger partial charge in [0.05, 0.1) is 0 Å². The molecule has 0 aliphatic carbocycles. The molecule has 2 aliphatic heterocycles. The minimum atomic E-state index is 0.0201. The predicted molar refractivity (Wildman–Crippen MR) is 116 cm³/mol. The molecule has 1 fully saturated rings. The number of anilines is 1. The topological polar surface area (TPSA) is 50.2 Å². The van der Waals surface area contributed by atoms with E-state index in [1.165, 1.54) is 29.9 Å². The normalized spacial score (nSPS) is 19.3. The Bertz CT molecular complexity index is 819. The number of aryl methyl sites for hydroxylation is 2. The maximum absolute atomic E-state index is 13.0. The summed E-state index contributed by atoms with van der Waals surface area (Å²) in [5, 5.41) is 3.17. The van der Waals surface area contributed by atoms with Crippen molar-refractivity contribution in [2.75, 3.05) is 30.4 Å². The fourth-order valence-corrected chi connectivity index (χ4v) is 4.85. The number of thioether (sulfide) groups is 1. The maximum Gasteiger partial charge on any atom is 0.321 e. The van der Waals surface area contributed by atoms with E-state index in [2.05, 4.69) is 28.4 Å². The van der Waals surface area contributed by atoms with Crippen LogP contribution in [0.4, 0.5) is 10.5 Å². The van der Waals surface area contributed by atoms with Gasteiger partial charge in [0.2, 0.25) is 0 Å². The third-order valence-electron chi connectivity index (χ3n) is 5.94. The monoisotopic (exact) mass is 398 g/mol. The highest BCUT2D eigenvalue weighted by Crippen LogP contribution is 2.29. The number of amides is 2. The number of benzene rings is 1. The number of aromatic nitrogens is 2. The average Bonchev–Trinajstić information content (AvgIpc) is 3.17. The number of imidazole rings is 1. The van der Waals surface area contributed by atoms with Crippen molar-refractivity contribution in [2.24, 2.45) is 0 Å². The highest BCUT2D eigenvalue weighted by Gasteiger charge is 2.29. The second-order valence-electron chi connectivity index (χ2n) is 7.83. The van der Waals surface area contributed by atoms with Crippen LogP contribution in [0.1, 0.15) is 48.7 Å². The van der Waals surface area contributed by atoms with Gasteiger partial charge in [-0.05, 0) is 62.2 Å². The quantitative estimate of drug-likeness (QED) is 0.805. The third-order valence-corrected chi connectivity index (χ3v) is 6.55. The molecule has 150 valence electrons. The first-order valence-electron chi connectivity index (χ1n) is 10.4. The Hall–Kier alpha value is -1.95. The van der Waals surface area contributed by atoms with Gasteiger partial charge in [0.1, 0.15) is 5.82 Å². The number of piperidine rings is 1. The lowest BCUT2D eigenvalue weighted by molar-refractivity contribution is 0.190. The Kier molecular flexibility index (Phi) is 6.25. The fourth-order valence-electron chi connectivity index (χ4n) is 4.43. The van der Waals surface area contributed by atoms with E-state index in [1.807, 2.05) is 34.9 Å². The number of likely N-dealkylation sites (tertiary alicyclic amines) is 1. The molecule has 1 aromatic heterocycles. The summed E-state index contributed by atoms with van der Waals surface area (Å²) in [5.74, 6) is 2.59. The molecule has 2 amide bonds. The molecule has 1 saturated heterocycles. The van der Waals surface area contributed by atoms with Crippen LogP contribution in [0.2, 0.25) is 0 Å². The van der Waals surface area contributed by atoms with E-state index >= 15 is 0 Å². The van der Waals surface area contributed by atoms with Gasteiger partial charge in [-0.2, -0.15) is 11.8 Å². The molecule has 0 spiro atoms. The molecule has 2 aromatic rings. The van der Waals surface area contributed by atoms with Crippen LogP contribution >= 0.6 is 11.8 Å². The molecule has 1 N–H and O–H groups in total. The van der Waals surface area contributed by atoms with Gasteiger partial charge in [0.15, 0.2) is 0 Å². The van der Waals surface area contributed by atoms with Crippen molar-refractivity contribution in [3.8, 4) is 0 Å². The number of fused-ring (bicyclic) bond motifs is 1. The van der Waals surface area contributed by atoms with Gasteiger partial charge in [-0.15, -0.1) is 0 Å². The Morgan fingerprint density at radius 2 is 2.14 bits per heavy atom. The maximum atomic E-state index is 13.0. The molecule has 1 atom stereocenters. The van der Waals surface area contributed by atoms with Gasteiger partial charge in [-0.25, -0.2) is 9.78 Å². The van der Waals surface area contributed by atoms with E-state index in [4.69, 9.17) is 4.98 Å². The zero-order chi connectivity index (χ0) is 19.3. The Morgan fingerprint density at radius 3 is 3.04 bits per heavy atom. The molecule has 0 saturated carbocycles. The van der Waals surface area contributed by atoms with Gasteiger partial charge in [-0.3, -0.25) is 0 Å². The molecule has 28 heavy (non-hydrogen) atoms. The van der Waals surface area contributed by atoms with Crippen molar-refractivity contribution in [1.29, 1.82) is 0 Å². The molecular formula is C22H30N4OS. The number of urea groups is 1. The first kappa shape index (κ1) is 19.4. The third kappa shape index (κ3) is 4.22. The van der Waals surface area contributed by atoms with Crippen LogP contribution in [0, 0.1) is 0 Å². The van der Waals surface area contributed by atoms with Crippen LogP contribution in [0.3, 0.4) is 0 Å². The molecule has 1 unspecified atom stereocenters. The summed E-state index contributed by atoms with van der Waals surface area (Å²) < 4.78 is 2.41. The van der Waals surface area contributed by atoms with E-state index in [0.717, 1.165) is 56.8 Å². The van der Waals surface area contributed by atoms with Crippen molar-refractivity contribution in [3.05, 3.63) is 47.5 Å². The molecule has 4 rings (SSSR count). The second kappa shape index (κ2) is 9.03. The van der Waals surface area contributed by atoms with Gasteiger partial charge < -0.3 is 14.8 Å². The predicted octanol–water partition coefficient (Wildman–Crippen LogP) is 4.54. The summed E-state index contributed by atoms with van der Waals surface area (Å²) >= 11 is 1.83. The lowest BCUT2D eigenvalue weighted by Crippen LogP contribution is -2.42. The van der Waals surface area contributed by atoms with Crippen LogP contribution in [-0.2, 0) is 19.4 Å². The van der Waals surface area contributed by atoms with E-state index < -0.39 is 0 Å². The molecule has 1 aromatic carbocycles. The number of nitrogens with zero attached hydrogens (tertiary/aromatic N) is 3. The number of para-hydroxylation sites is 1. The first-order valence-corrected chi connectivity index (χ1v) is 11.8. The number of rotatable bonds is 5. The van der Waals surface area contributed by atoms with Crippen LogP contribution < -0.4 is 5.32 Å². The van der Waals surface area contributed by atoms with Crippen LogP contribution in [-0.4, -0.2) is 45.6 Å². The summed E-state index contributed by atoms with van der Waals surface area (Å²) in [6, 6.07) is 8.19. The smallest absolute Gasteiger partial charge is 0.321 e. The molecule has 5 nitrogen and oxygen atoms in total. The number of hydrogen-bond acceptors (Lipinski definition) is 3. The van der Waals surface area contributed by atoms with Crippen molar-refractivity contribution >= 4 is 23.5 Å². The summed E-state index contributed by atoms with van der Waals surface area (Å²) in [5.41, 5.74) is 3.52. The summed E-state index contributed by atoms with van der Waals surface area (Å²) in [4.78, 5) is 19.7. The molecule has 2 aliphatic rings. The highest BCUT2D eigenvalue weighted by atomic mass is 32.2.